The summed E-state index contributed by atoms with van der Waals surface area (Å²) in [5, 5.41) is 3.63. The molecule has 1 aromatic carbocycles. The lowest BCUT2D eigenvalue weighted by molar-refractivity contribution is -0.128. The van der Waals surface area contributed by atoms with E-state index in [-0.39, 0.29) is 11.8 Å². The van der Waals surface area contributed by atoms with E-state index in [2.05, 4.69) is 15.3 Å². The number of carbonyl (C=O) groups is 2. The summed E-state index contributed by atoms with van der Waals surface area (Å²) >= 11 is 1.45. The van der Waals surface area contributed by atoms with Crippen LogP contribution in [0.15, 0.2) is 35.5 Å². The number of hydrogen-bond donors (Lipinski definition) is 1. The Bertz CT molecular complexity index is 898. The molecule has 0 radical (unpaired) electrons. The zero-order valence-corrected chi connectivity index (χ0v) is 16.8. The second-order valence-electron chi connectivity index (χ2n) is 7.31. The molecule has 2 aromatic rings. The van der Waals surface area contributed by atoms with Gasteiger partial charge in [-0.2, -0.15) is 0 Å². The van der Waals surface area contributed by atoms with Crippen molar-refractivity contribution in [3.63, 3.8) is 0 Å². The molecule has 1 aliphatic carbocycles. The second-order valence-corrected chi connectivity index (χ2v) is 8.08. The Kier molecular flexibility index (Phi) is 5.62. The monoisotopic (exact) mass is 396 g/mol. The van der Waals surface area contributed by atoms with Crippen molar-refractivity contribution >= 4 is 23.6 Å². The normalized spacial score (nSPS) is 16.5. The maximum atomic E-state index is 12.7. The Morgan fingerprint density at radius 2 is 2.04 bits per heavy atom. The third-order valence-corrected chi connectivity index (χ3v) is 5.77. The number of nitrogens with zero attached hydrogens (tertiary/aromatic N) is 3. The molecule has 1 aromatic heterocycles. The van der Waals surface area contributed by atoms with Gasteiger partial charge in [0.15, 0.2) is 5.16 Å². The molecule has 0 bridgehead atoms. The molecule has 28 heavy (non-hydrogen) atoms. The first kappa shape index (κ1) is 18.9. The molecule has 1 N–H and O–H groups in total. The van der Waals surface area contributed by atoms with Gasteiger partial charge in [0.05, 0.1) is 0 Å². The predicted molar refractivity (Wildman–Crippen MR) is 108 cm³/mol. The summed E-state index contributed by atoms with van der Waals surface area (Å²) in [7, 11) is 0. The van der Waals surface area contributed by atoms with Crippen LogP contribution in [0.4, 0.5) is 0 Å². The molecule has 2 aliphatic rings. The topological polar surface area (TPSA) is 75.2 Å². The SMILES string of the molecule is CSc1nc(C(=O)NCc2ccccc2CN2CCCC2=O)cc(C2CC2)n1. The molecular formula is C21H24N4O2S. The van der Waals surface area contributed by atoms with Gasteiger partial charge < -0.3 is 10.2 Å². The van der Waals surface area contributed by atoms with Crippen molar-refractivity contribution in [2.45, 2.75) is 49.8 Å². The summed E-state index contributed by atoms with van der Waals surface area (Å²) in [6, 6.07) is 9.77. The highest BCUT2D eigenvalue weighted by atomic mass is 32.2. The molecule has 6 nitrogen and oxygen atoms in total. The van der Waals surface area contributed by atoms with E-state index in [0.29, 0.717) is 36.3 Å². The minimum Gasteiger partial charge on any atom is -0.347 e. The lowest BCUT2D eigenvalue weighted by atomic mass is 10.1. The van der Waals surface area contributed by atoms with E-state index >= 15 is 0 Å². The van der Waals surface area contributed by atoms with Crippen LogP contribution >= 0.6 is 11.8 Å². The van der Waals surface area contributed by atoms with Gasteiger partial charge in [-0.05, 0) is 42.7 Å². The lowest BCUT2D eigenvalue weighted by Crippen LogP contribution is -2.27. The van der Waals surface area contributed by atoms with Gasteiger partial charge in [-0.25, -0.2) is 9.97 Å². The van der Waals surface area contributed by atoms with Crippen molar-refractivity contribution in [3.8, 4) is 0 Å². The first-order chi connectivity index (χ1) is 13.6. The average molecular weight is 397 g/mol. The van der Waals surface area contributed by atoms with E-state index in [1.807, 2.05) is 41.5 Å². The predicted octanol–water partition coefficient (Wildman–Crippen LogP) is 3.13. The second kappa shape index (κ2) is 8.31. The molecule has 4 rings (SSSR count). The number of aromatic nitrogens is 2. The Morgan fingerprint density at radius 1 is 1.25 bits per heavy atom. The van der Waals surface area contributed by atoms with Crippen LogP contribution in [0, 0.1) is 0 Å². The molecule has 0 spiro atoms. The van der Waals surface area contributed by atoms with E-state index in [0.717, 1.165) is 42.6 Å². The van der Waals surface area contributed by atoms with E-state index in [1.165, 1.54) is 11.8 Å². The number of hydrogen-bond acceptors (Lipinski definition) is 5. The maximum absolute atomic E-state index is 12.7. The van der Waals surface area contributed by atoms with Gasteiger partial charge >= 0.3 is 0 Å². The van der Waals surface area contributed by atoms with Gasteiger partial charge in [0.1, 0.15) is 5.69 Å². The minimum absolute atomic E-state index is 0.188. The summed E-state index contributed by atoms with van der Waals surface area (Å²) in [6.45, 7) is 1.82. The zero-order valence-electron chi connectivity index (χ0n) is 16.0. The number of rotatable bonds is 7. The highest BCUT2D eigenvalue weighted by Crippen LogP contribution is 2.39. The number of likely N-dealkylation sites (tertiary alicyclic amines) is 1. The van der Waals surface area contributed by atoms with Crippen LogP contribution < -0.4 is 5.32 Å². The molecule has 2 fully saturated rings. The molecule has 0 atom stereocenters. The van der Waals surface area contributed by atoms with E-state index in [9.17, 15) is 9.59 Å². The third kappa shape index (κ3) is 4.35. The largest absolute Gasteiger partial charge is 0.347 e. The van der Waals surface area contributed by atoms with Crippen LogP contribution in [0.1, 0.15) is 58.9 Å². The fraction of sp³-hybridized carbons (Fsp3) is 0.429. The number of benzene rings is 1. The third-order valence-electron chi connectivity index (χ3n) is 5.23. The van der Waals surface area contributed by atoms with Gasteiger partial charge in [-0.1, -0.05) is 36.0 Å². The van der Waals surface area contributed by atoms with Gasteiger partial charge in [-0.3, -0.25) is 9.59 Å². The summed E-state index contributed by atoms with van der Waals surface area (Å²) in [4.78, 5) is 35.4. The van der Waals surface area contributed by atoms with E-state index in [4.69, 9.17) is 0 Å². The van der Waals surface area contributed by atoms with E-state index in [1.54, 1.807) is 0 Å². The quantitative estimate of drug-likeness (QED) is 0.575. The Balaban J connectivity index is 1.45. The number of thioether (sulfide) groups is 1. The number of nitrogens with one attached hydrogen (secondary N) is 1. The number of amides is 2. The smallest absolute Gasteiger partial charge is 0.270 e. The Labute approximate surface area is 169 Å². The maximum Gasteiger partial charge on any atom is 0.270 e. The summed E-state index contributed by atoms with van der Waals surface area (Å²) in [5.74, 6) is 0.489. The number of carbonyl (C=O) groups excluding carboxylic acids is 2. The highest BCUT2D eigenvalue weighted by Gasteiger charge is 2.27. The minimum atomic E-state index is -0.188. The Hall–Kier alpha value is -2.41. The molecule has 1 saturated carbocycles. The fourth-order valence-corrected chi connectivity index (χ4v) is 3.85. The van der Waals surface area contributed by atoms with Crippen LogP contribution in [0.3, 0.4) is 0 Å². The van der Waals surface area contributed by atoms with Crippen molar-refractivity contribution in [2.24, 2.45) is 0 Å². The summed E-state index contributed by atoms with van der Waals surface area (Å²) in [5.41, 5.74) is 3.49. The molecular weight excluding hydrogens is 372 g/mol. The van der Waals surface area contributed by atoms with Crippen LogP contribution in [-0.4, -0.2) is 39.5 Å². The van der Waals surface area contributed by atoms with Gasteiger partial charge in [-0.15, -0.1) is 0 Å². The standard InChI is InChI=1S/C21H24N4O2S/c1-28-21-23-17(14-8-9-14)11-18(24-21)20(27)22-12-15-5-2-3-6-16(15)13-25-10-4-7-19(25)26/h2-3,5-6,11,14H,4,7-10,12-13H2,1H3,(H,22,27). The summed E-state index contributed by atoms with van der Waals surface area (Å²) in [6.07, 6.45) is 5.74. The van der Waals surface area contributed by atoms with Crippen molar-refractivity contribution in [2.75, 3.05) is 12.8 Å². The molecule has 7 heteroatoms. The summed E-state index contributed by atoms with van der Waals surface area (Å²) < 4.78 is 0. The first-order valence-corrected chi connectivity index (χ1v) is 10.9. The van der Waals surface area contributed by atoms with Gasteiger partial charge in [0.25, 0.3) is 5.91 Å². The molecule has 2 heterocycles. The molecule has 146 valence electrons. The van der Waals surface area contributed by atoms with Crippen molar-refractivity contribution in [1.82, 2.24) is 20.2 Å². The molecule has 0 unspecified atom stereocenters. The Morgan fingerprint density at radius 3 is 2.71 bits per heavy atom. The lowest BCUT2D eigenvalue weighted by Gasteiger charge is -2.18. The first-order valence-electron chi connectivity index (χ1n) is 9.70. The van der Waals surface area contributed by atoms with Crippen LogP contribution in [0.5, 0.6) is 0 Å². The van der Waals surface area contributed by atoms with Crippen molar-refractivity contribution < 1.29 is 9.59 Å². The van der Waals surface area contributed by atoms with Crippen molar-refractivity contribution in [3.05, 3.63) is 52.8 Å². The van der Waals surface area contributed by atoms with Gasteiger partial charge in [0.2, 0.25) is 5.91 Å². The van der Waals surface area contributed by atoms with Crippen LogP contribution in [0.25, 0.3) is 0 Å². The van der Waals surface area contributed by atoms with Crippen molar-refractivity contribution in [1.29, 1.82) is 0 Å². The zero-order chi connectivity index (χ0) is 19.5. The fourth-order valence-electron chi connectivity index (χ4n) is 3.47. The molecule has 1 aliphatic heterocycles. The van der Waals surface area contributed by atoms with Crippen LogP contribution in [-0.2, 0) is 17.9 Å². The average Bonchev–Trinajstić information content (AvgIpc) is 3.50. The molecule has 1 saturated heterocycles. The van der Waals surface area contributed by atoms with Gasteiger partial charge in [0, 0.05) is 37.7 Å². The van der Waals surface area contributed by atoms with E-state index < -0.39 is 0 Å². The van der Waals surface area contributed by atoms with Crippen LogP contribution in [0.2, 0.25) is 0 Å². The highest BCUT2D eigenvalue weighted by molar-refractivity contribution is 7.98. The molecule has 2 amide bonds.